The van der Waals surface area contributed by atoms with Crippen LogP contribution >= 0.6 is 0 Å². The van der Waals surface area contributed by atoms with Crippen molar-refractivity contribution >= 4 is 0 Å². The molecule has 2 aromatic carbocycles. The summed E-state index contributed by atoms with van der Waals surface area (Å²) in [6, 6.07) is 20.2. The van der Waals surface area contributed by atoms with Crippen LogP contribution in [0.25, 0.3) is 0 Å². The van der Waals surface area contributed by atoms with Gasteiger partial charge in [0.05, 0.1) is 0 Å². The van der Waals surface area contributed by atoms with E-state index >= 15 is 0 Å². The molecule has 0 aliphatic carbocycles. The van der Waals surface area contributed by atoms with Gasteiger partial charge in [0.25, 0.3) is 0 Å². The van der Waals surface area contributed by atoms with Crippen molar-refractivity contribution in [1.29, 1.82) is 0 Å². The van der Waals surface area contributed by atoms with Crippen molar-refractivity contribution in [2.75, 3.05) is 6.54 Å². The van der Waals surface area contributed by atoms with Gasteiger partial charge in [0, 0.05) is 6.04 Å². The highest BCUT2D eigenvalue weighted by molar-refractivity contribution is 5.30. The Morgan fingerprint density at radius 1 is 0.889 bits per heavy atom. The van der Waals surface area contributed by atoms with Crippen LogP contribution in [0.1, 0.15) is 16.7 Å². The van der Waals surface area contributed by atoms with E-state index in [0.29, 0.717) is 6.04 Å². The van der Waals surface area contributed by atoms with Crippen LogP contribution in [0, 0.1) is 0 Å². The van der Waals surface area contributed by atoms with Crippen LogP contribution in [-0.4, -0.2) is 12.6 Å². The maximum absolute atomic E-state index is 3.68. The number of benzene rings is 2. The third-order valence-corrected chi connectivity index (χ3v) is 3.74. The second-order valence-electron chi connectivity index (χ2n) is 5.06. The van der Waals surface area contributed by atoms with Crippen molar-refractivity contribution in [1.82, 2.24) is 5.32 Å². The molecule has 0 bridgehead atoms. The van der Waals surface area contributed by atoms with E-state index in [1.54, 1.807) is 0 Å². The van der Waals surface area contributed by atoms with E-state index in [1.165, 1.54) is 16.7 Å². The normalized spacial score (nSPS) is 19.0. The third kappa shape index (κ3) is 2.62. The van der Waals surface area contributed by atoms with Crippen molar-refractivity contribution in [3.8, 4) is 0 Å². The molecule has 1 N–H and O–H groups in total. The van der Waals surface area contributed by atoms with E-state index in [-0.39, 0.29) is 0 Å². The van der Waals surface area contributed by atoms with Gasteiger partial charge >= 0.3 is 0 Å². The predicted octanol–water partition coefficient (Wildman–Crippen LogP) is 2.99. The minimum atomic E-state index is 0.566. The molecule has 0 saturated carbocycles. The largest absolute Gasteiger partial charge is 0.313 e. The number of hydrogen-bond acceptors (Lipinski definition) is 1. The van der Waals surface area contributed by atoms with Crippen LogP contribution in [0.3, 0.4) is 0 Å². The molecule has 0 spiro atoms. The Balaban J connectivity index is 1.75. The number of hydrogen-bond donors (Lipinski definition) is 1. The summed E-state index contributed by atoms with van der Waals surface area (Å²) in [5.41, 5.74) is 4.46. The molecular weight excluding hydrogens is 218 g/mol. The van der Waals surface area contributed by atoms with Crippen molar-refractivity contribution in [3.05, 3.63) is 71.3 Å². The summed E-state index contributed by atoms with van der Waals surface area (Å²) < 4.78 is 0. The molecule has 0 saturated heterocycles. The molecule has 1 heterocycles. The van der Waals surface area contributed by atoms with Gasteiger partial charge in [0.1, 0.15) is 0 Å². The summed E-state index contributed by atoms with van der Waals surface area (Å²) in [7, 11) is 0. The molecule has 0 amide bonds. The maximum Gasteiger partial charge on any atom is 0.0148 e. The lowest BCUT2D eigenvalue weighted by Crippen LogP contribution is -2.32. The standard InChI is InChI=1S/C17H19N/c1-2-6-14(7-3-1)12-17-13-16-9-5-4-8-15(16)10-11-18-17/h1-9,17-18H,10-13H2. The molecule has 0 fully saturated rings. The minimum absolute atomic E-state index is 0.566. The van der Waals surface area contributed by atoms with Crippen LogP contribution in [0.4, 0.5) is 0 Å². The molecule has 3 rings (SSSR count). The fourth-order valence-corrected chi connectivity index (χ4v) is 2.79. The van der Waals surface area contributed by atoms with Crippen molar-refractivity contribution < 1.29 is 0 Å². The first kappa shape index (κ1) is 11.5. The number of nitrogens with one attached hydrogen (secondary N) is 1. The molecule has 1 heteroatoms. The van der Waals surface area contributed by atoms with E-state index in [2.05, 4.69) is 59.9 Å². The van der Waals surface area contributed by atoms with Crippen molar-refractivity contribution in [2.45, 2.75) is 25.3 Å². The minimum Gasteiger partial charge on any atom is -0.313 e. The summed E-state index contributed by atoms with van der Waals surface area (Å²) in [4.78, 5) is 0. The fraction of sp³-hybridized carbons (Fsp3) is 0.294. The van der Waals surface area contributed by atoms with Gasteiger partial charge in [0.2, 0.25) is 0 Å². The van der Waals surface area contributed by atoms with Gasteiger partial charge in [0.15, 0.2) is 0 Å². The molecule has 1 nitrogen and oxygen atoms in total. The smallest absolute Gasteiger partial charge is 0.0148 e. The SMILES string of the molecule is c1ccc(CC2Cc3ccccc3CCN2)cc1. The molecule has 1 aliphatic rings. The van der Waals surface area contributed by atoms with Crippen LogP contribution < -0.4 is 5.32 Å². The zero-order valence-corrected chi connectivity index (χ0v) is 10.6. The topological polar surface area (TPSA) is 12.0 Å². The van der Waals surface area contributed by atoms with E-state index < -0.39 is 0 Å². The summed E-state index contributed by atoms with van der Waals surface area (Å²) >= 11 is 0. The molecule has 1 aliphatic heterocycles. The summed E-state index contributed by atoms with van der Waals surface area (Å²) in [6.07, 6.45) is 3.42. The van der Waals surface area contributed by atoms with Crippen LogP contribution in [0.15, 0.2) is 54.6 Å². The fourth-order valence-electron chi connectivity index (χ4n) is 2.79. The van der Waals surface area contributed by atoms with Gasteiger partial charge in [-0.05, 0) is 42.5 Å². The Kier molecular flexibility index (Phi) is 3.42. The maximum atomic E-state index is 3.68. The highest BCUT2D eigenvalue weighted by Crippen LogP contribution is 2.17. The van der Waals surface area contributed by atoms with Gasteiger partial charge in [-0.15, -0.1) is 0 Å². The Morgan fingerprint density at radius 2 is 1.61 bits per heavy atom. The van der Waals surface area contributed by atoms with Crippen molar-refractivity contribution in [3.63, 3.8) is 0 Å². The average Bonchev–Trinajstić information content (AvgIpc) is 2.61. The first-order valence-corrected chi connectivity index (χ1v) is 6.76. The second kappa shape index (κ2) is 5.36. The van der Waals surface area contributed by atoms with Gasteiger partial charge in [-0.1, -0.05) is 54.6 Å². The van der Waals surface area contributed by atoms with E-state index in [0.717, 1.165) is 25.8 Å². The zero-order valence-electron chi connectivity index (χ0n) is 10.6. The predicted molar refractivity (Wildman–Crippen MR) is 75.8 cm³/mol. The van der Waals surface area contributed by atoms with Gasteiger partial charge in [-0.3, -0.25) is 0 Å². The molecular formula is C17H19N. The summed E-state index contributed by atoms with van der Waals surface area (Å²) in [5, 5.41) is 3.68. The van der Waals surface area contributed by atoms with E-state index in [1.807, 2.05) is 0 Å². The van der Waals surface area contributed by atoms with Crippen LogP contribution in [0.2, 0.25) is 0 Å². The Bertz CT molecular complexity index is 504. The molecule has 1 unspecified atom stereocenters. The number of rotatable bonds is 2. The van der Waals surface area contributed by atoms with Crippen LogP contribution in [0.5, 0.6) is 0 Å². The first-order valence-electron chi connectivity index (χ1n) is 6.76. The van der Waals surface area contributed by atoms with Crippen LogP contribution in [-0.2, 0) is 19.3 Å². The zero-order chi connectivity index (χ0) is 12.2. The monoisotopic (exact) mass is 237 g/mol. The highest BCUT2D eigenvalue weighted by Gasteiger charge is 2.15. The molecule has 18 heavy (non-hydrogen) atoms. The second-order valence-corrected chi connectivity index (χ2v) is 5.06. The van der Waals surface area contributed by atoms with Gasteiger partial charge in [-0.25, -0.2) is 0 Å². The van der Waals surface area contributed by atoms with Crippen molar-refractivity contribution in [2.24, 2.45) is 0 Å². The average molecular weight is 237 g/mol. The molecule has 92 valence electrons. The quantitative estimate of drug-likeness (QED) is 0.846. The lowest BCUT2D eigenvalue weighted by atomic mass is 9.97. The third-order valence-electron chi connectivity index (χ3n) is 3.74. The summed E-state index contributed by atoms with van der Waals surface area (Å²) in [6.45, 7) is 1.09. The molecule has 2 aromatic rings. The molecule has 1 atom stereocenters. The number of fused-ring (bicyclic) bond motifs is 1. The first-order chi connectivity index (χ1) is 8.92. The molecule has 0 aromatic heterocycles. The lowest BCUT2D eigenvalue weighted by molar-refractivity contribution is 0.524. The highest BCUT2D eigenvalue weighted by atomic mass is 14.9. The Labute approximate surface area is 109 Å². The molecule has 0 radical (unpaired) electrons. The van der Waals surface area contributed by atoms with Gasteiger partial charge in [-0.2, -0.15) is 0 Å². The Hall–Kier alpha value is -1.60. The lowest BCUT2D eigenvalue weighted by Gasteiger charge is -2.16. The van der Waals surface area contributed by atoms with Gasteiger partial charge < -0.3 is 5.32 Å². The summed E-state index contributed by atoms with van der Waals surface area (Å²) in [5.74, 6) is 0. The van der Waals surface area contributed by atoms with E-state index in [4.69, 9.17) is 0 Å². The van der Waals surface area contributed by atoms with E-state index in [9.17, 15) is 0 Å². The Morgan fingerprint density at radius 3 is 2.44 bits per heavy atom.